The van der Waals surface area contributed by atoms with E-state index in [1.807, 2.05) is 4.72 Å². The van der Waals surface area contributed by atoms with Crippen molar-refractivity contribution in [2.45, 2.75) is 51.1 Å². The fourth-order valence-electron chi connectivity index (χ4n) is 3.89. The minimum Gasteiger partial charge on any atom is -0.478 e. The van der Waals surface area contributed by atoms with Gasteiger partial charge < -0.3 is 20.6 Å². The molecule has 0 spiro atoms. The van der Waals surface area contributed by atoms with E-state index in [0.29, 0.717) is 31.7 Å². The maximum Gasteiger partial charge on any atom is 0.345 e. The van der Waals surface area contributed by atoms with E-state index in [1.54, 1.807) is 4.90 Å². The van der Waals surface area contributed by atoms with Gasteiger partial charge in [0.1, 0.15) is 0 Å². The normalized spacial score (nSPS) is 22.7. The Morgan fingerprint density at radius 2 is 1.84 bits per heavy atom. The monoisotopic (exact) mass is 461 g/mol. The fraction of sp³-hybridized carbons (Fsp3) is 0.842. The minimum absolute atomic E-state index is 0.00494. The van der Waals surface area contributed by atoms with Crippen LogP contribution in [0.5, 0.6) is 0 Å². The Bertz CT molecular complexity index is 768. The third-order valence-corrected chi connectivity index (χ3v) is 7.61. The first-order valence-electron chi connectivity index (χ1n) is 10.7. The Morgan fingerprint density at radius 1 is 1.19 bits per heavy atom. The third kappa shape index (κ3) is 7.13. The number of amides is 2. The van der Waals surface area contributed by atoms with Gasteiger partial charge in [-0.05, 0) is 58.0 Å². The molecule has 0 aromatic heterocycles. The summed E-state index contributed by atoms with van der Waals surface area (Å²) in [6, 6.07) is 0. The van der Waals surface area contributed by atoms with Crippen LogP contribution in [0.15, 0.2) is 0 Å². The highest BCUT2D eigenvalue weighted by Gasteiger charge is 2.41. The number of carbonyl (C=O) groups excluding carboxylic acids is 2. The number of carboxylic acids is 1. The molecule has 2 fully saturated rings. The number of nitrogens with zero attached hydrogens (tertiary/aromatic N) is 2. The molecule has 12 heteroatoms. The highest BCUT2D eigenvalue weighted by atomic mass is 32.2. The van der Waals surface area contributed by atoms with Crippen molar-refractivity contribution < 1.29 is 27.9 Å². The molecule has 2 saturated heterocycles. The lowest BCUT2D eigenvalue weighted by Crippen LogP contribution is -2.66. The summed E-state index contributed by atoms with van der Waals surface area (Å²) in [5.74, 6) is -2.18. The van der Waals surface area contributed by atoms with Crippen molar-refractivity contribution in [1.29, 1.82) is 0 Å². The van der Waals surface area contributed by atoms with Gasteiger partial charge in [0.2, 0.25) is 17.5 Å². The lowest BCUT2D eigenvalue weighted by atomic mass is 9.92. The van der Waals surface area contributed by atoms with Gasteiger partial charge in [0.25, 0.3) is 10.2 Å². The zero-order valence-corrected chi connectivity index (χ0v) is 19.3. The molecule has 0 aliphatic carbocycles. The highest BCUT2D eigenvalue weighted by molar-refractivity contribution is 7.87. The van der Waals surface area contributed by atoms with Crippen molar-refractivity contribution in [2.75, 3.05) is 40.3 Å². The van der Waals surface area contributed by atoms with Gasteiger partial charge in [-0.1, -0.05) is 0 Å². The first-order chi connectivity index (χ1) is 14.4. The Morgan fingerprint density at radius 3 is 2.42 bits per heavy atom. The summed E-state index contributed by atoms with van der Waals surface area (Å²) in [5.41, 5.74) is -2.21. The van der Waals surface area contributed by atoms with E-state index in [0.717, 1.165) is 43.6 Å². The van der Waals surface area contributed by atoms with Crippen LogP contribution in [0.3, 0.4) is 0 Å². The second-order valence-electron chi connectivity index (χ2n) is 8.72. The van der Waals surface area contributed by atoms with E-state index < -0.39 is 33.7 Å². The van der Waals surface area contributed by atoms with Crippen LogP contribution >= 0.6 is 0 Å². The van der Waals surface area contributed by atoms with Crippen LogP contribution in [0.25, 0.3) is 0 Å². The molecule has 0 bridgehead atoms. The minimum atomic E-state index is -4.10. The Labute approximate surface area is 184 Å². The van der Waals surface area contributed by atoms with E-state index >= 15 is 0 Å². The summed E-state index contributed by atoms with van der Waals surface area (Å²) in [5, 5.41) is 15.1. The van der Waals surface area contributed by atoms with Gasteiger partial charge in [-0.15, -0.1) is 0 Å². The molecular weight excluding hydrogens is 426 g/mol. The van der Waals surface area contributed by atoms with Crippen molar-refractivity contribution in [3.63, 3.8) is 0 Å². The number of aliphatic carboxylic acids is 1. The third-order valence-electron chi connectivity index (χ3n) is 5.98. The number of hydrogen-bond donors (Lipinski definition) is 4. The van der Waals surface area contributed by atoms with Gasteiger partial charge in [-0.25, -0.2) is 4.79 Å². The summed E-state index contributed by atoms with van der Waals surface area (Å²) in [4.78, 5) is 38.8. The van der Waals surface area contributed by atoms with Crippen LogP contribution in [-0.2, 0) is 24.6 Å². The quantitative estimate of drug-likeness (QED) is 0.332. The van der Waals surface area contributed by atoms with Crippen molar-refractivity contribution in [3.05, 3.63) is 0 Å². The molecular formula is C19H35N5O6S. The van der Waals surface area contributed by atoms with Crippen LogP contribution in [0.2, 0.25) is 0 Å². The topological polar surface area (TPSA) is 148 Å². The van der Waals surface area contributed by atoms with Gasteiger partial charge in [-0.3, -0.25) is 9.59 Å². The predicted octanol–water partition coefficient (Wildman–Crippen LogP) is -0.682. The number of carboxylic acid groups (broad SMARTS) is 1. The van der Waals surface area contributed by atoms with Crippen LogP contribution in [-0.4, -0.2) is 86.5 Å². The van der Waals surface area contributed by atoms with E-state index in [1.165, 1.54) is 14.1 Å². The number of rotatable bonds is 9. The summed E-state index contributed by atoms with van der Waals surface area (Å²) in [7, 11) is -1.60. The number of likely N-dealkylation sites (tertiary alicyclic amines) is 1. The Kier molecular flexibility index (Phi) is 8.81. The summed E-state index contributed by atoms with van der Waals surface area (Å²) < 4.78 is 27.0. The molecule has 2 heterocycles. The van der Waals surface area contributed by atoms with E-state index in [9.17, 15) is 27.9 Å². The van der Waals surface area contributed by atoms with Crippen LogP contribution in [0, 0.1) is 11.8 Å². The molecule has 31 heavy (non-hydrogen) atoms. The van der Waals surface area contributed by atoms with E-state index in [4.69, 9.17) is 0 Å². The number of hydrogen-bond acceptors (Lipinski definition) is 6. The van der Waals surface area contributed by atoms with Gasteiger partial charge in [0.15, 0.2) is 0 Å². The molecule has 2 aliphatic heterocycles. The largest absolute Gasteiger partial charge is 0.478 e. The SMILES string of the molecule is CN(C)S(=O)(=O)N[C@@](C)(NC(=O)[C@@H]1CCCN(C(=O)CCC2CCNCC2)C1)C(=O)O. The molecule has 0 radical (unpaired) electrons. The molecule has 0 aromatic rings. The second kappa shape index (κ2) is 10.7. The van der Waals surface area contributed by atoms with Crippen molar-refractivity contribution in [1.82, 2.24) is 24.6 Å². The molecule has 2 atom stereocenters. The number of piperidine rings is 2. The second-order valence-corrected chi connectivity index (χ2v) is 10.6. The van der Waals surface area contributed by atoms with Crippen molar-refractivity contribution >= 4 is 28.0 Å². The molecule has 2 amide bonds. The Hall–Kier alpha value is -1.76. The predicted molar refractivity (Wildman–Crippen MR) is 114 cm³/mol. The maximum absolute atomic E-state index is 12.8. The first kappa shape index (κ1) is 25.5. The molecule has 2 rings (SSSR count). The zero-order chi connectivity index (χ0) is 23.2. The molecule has 11 nitrogen and oxygen atoms in total. The molecule has 178 valence electrons. The van der Waals surface area contributed by atoms with Crippen molar-refractivity contribution in [2.24, 2.45) is 11.8 Å². The average molecular weight is 462 g/mol. The van der Waals surface area contributed by atoms with Gasteiger partial charge in [0.05, 0.1) is 5.92 Å². The standard InChI is InChI=1S/C19H35N5O6S/c1-19(18(27)28,22-31(29,30)23(2)3)21-17(26)15-5-4-12-24(13-15)16(25)7-6-14-8-10-20-11-9-14/h14-15,20,22H,4-13H2,1-3H3,(H,21,26)(H,27,28)/t15-,19-/m1/s1. The first-order valence-corrected chi connectivity index (χ1v) is 12.1. The van der Waals surface area contributed by atoms with Gasteiger partial charge in [-0.2, -0.15) is 17.4 Å². The average Bonchev–Trinajstić information content (AvgIpc) is 2.72. The summed E-state index contributed by atoms with van der Waals surface area (Å²) in [6.07, 6.45) is 4.53. The van der Waals surface area contributed by atoms with Crippen LogP contribution < -0.4 is 15.4 Å². The molecule has 0 unspecified atom stereocenters. The van der Waals surface area contributed by atoms with Gasteiger partial charge in [0, 0.05) is 33.6 Å². The molecule has 4 N–H and O–H groups in total. The lowest BCUT2D eigenvalue weighted by molar-refractivity contribution is -0.149. The Balaban J connectivity index is 1.95. The van der Waals surface area contributed by atoms with Crippen LogP contribution in [0.1, 0.15) is 45.4 Å². The van der Waals surface area contributed by atoms with E-state index in [-0.39, 0.29) is 12.5 Å². The molecule has 0 aromatic carbocycles. The maximum atomic E-state index is 12.8. The number of nitrogens with one attached hydrogen (secondary N) is 3. The smallest absolute Gasteiger partial charge is 0.345 e. The summed E-state index contributed by atoms with van der Waals surface area (Å²) in [6.45, 7) is 3.81. The summed E-state index contributed by atoms with van der Waals surface area (Å²) >= 11 is 0. The number of carbonyl (C=O) groups is 3. The fourth-order valence-corrected chi connectivity index (χ4v) is 4.73. The lowest BCUT2D eigenvalue weighted by Gasteiger charge is -2.35. The van der Waals surface area contributed by atoms with E-state index in [2.05, 4.69) is 10.6 Å². The van der Waals surface area contributed by atoms with Crippen LogP contribution in [0.4, 0.5) is 0 Å². The van der Waals surface area contributed by atoms with Crippen molar-refractivity contribution in [3.8, 4) is 0 Å². The highest BCUT2D eigenvalue weighted by Crippen LogP contribution is 2.22. The molecule has 0 saturated carbocycles. The molecule has 2 aliphatic rings. The van der Waals surface area contributed by atoms with Gasteiger partial charge >= 0.3 is 5.97 Å². The zero-order valence-electron chi connectivity index (χ0n) is 18.5.